The van der Waals surface area contributed by atoms with Gasteiger partial charge in [-0.1, -0.05) is 25.4 Å². The van der Waals surface area contributed by atoms with E-state index >= 15 is 0 Å². The van der Waals surface area contributed by atoms with Crippen molar-refractivity contribution in [1.29, 1.82) is 0 Å². The first-order valence-corrected chi connectivity index (χ1v) is 6.14. The SMILES string of the molecule is CC(C)CN(c1nc(Cl)cs1)C(C)C. The van der Waals surface area contributed by atoms with E-state index in [0.717, 1.165) is 11.7 Å². The minimum absolute atomic E-state index is 0.472. The van der Waals surface area contributed by atoms with Crippen molar-refractivity contribution < 1.29 is 0 Å². The second kappa shape index (κ2) is 4.99. The monoisotopic (exact) mass is 232 g/mol. The summed E-state index contributed by atoms with van der Waals surface area (Å²) < 4.78 is 0. The number of halogens is 1. The van der Waals surface area contributed by atoms with Crippen LogP contribution in [0.1, 0.15) is 27.7 Å². The van der Waals surface area contributed by atoms with Gasteiger partial charge in [-0.05, 0) is 19.8 Å². The van der Waals surface area contributed by atoms with E-state index < -0.39 is 0 Å². The van der Waals surface area contributed by atoms with E-state index in [1.807, 2.05) is 5.38 Å². The summed E-state index contributed by atoms with van der Waals surface area (Å²) in [6, 6.07) is 0.472. The van der Waals surface area contributed by atoms with Gasteiger partial charge in [0.2, 0.25) is 0 Å². The van der Waals surface area contributed by atoms with Gasteiger partial charge in [-0.3, -0.25) is 0 Å². The molecular weight excluding hydrogens is 216 g/mol. The summed E-state index contributed by atoms with van der Waals surface area (Å²) in [7, 11) is 0. The van der Waals surface area contributed by atoms with Crippen molar-refractivity contribution >= 4 is 28.1 Å². The molecule has 14 heavy (non-hydrogen) atoms. The van der Waals surface area contributed by atoms with Crippen LogP contribution in [0, 0.1) is 5.92 Å². The van der Waals surface area contributed by atoms with Gasteiger partial charge >= 0.3 is 0 Å². The van der Waals surface area contributed by atoms with E-state index in [1.165, 1.54) is 0 Å². The Morgan fingerprint density at radius 2 is 2.07 bits per heavy atom. The first-order chi connectivity index (χ1) is 6.50. The van der Waals surface area contributed by atoms with Gasteiger partial charge < -0.3 is 4.90 Å². The average molecular weight is 233 g/mol. The van der Waals surface area contributed by atoms with E-state index in [-0.39, 0.29) is 0 Å². The standard InChI is InChI=1S/C10H17ClN2S/c1-7(2)5-13(8(3)4)10-12-9(11)6-14-10/h6-8H,5H2,1-4H3. The van der Waals surface area contributed by atoms with Gasteiger partial charge in [0.1, 0.15) is 5.15 Å². The summed E-state index contributed by atoms with van der Waals surface area (Å²) in [6.45, 7) is 9.81. The lowest BCUT2D eigenvalue weighted by atomic mass is 10.2. The van der Waals surface area contributed by atoms with Crippen molar-refractivity contribution in [2.75, 3.05) is 11.4 Å². The first kappa shape index (κ1) is 11.8. The number of thiazole rings is 1. The van der Waals surface area contributed by atoms with Crippen molar-refractivity contribution in [1.82, 2.24) is 4.98 Å². The number of hydrogen-bond donors (Lipinski definition) is 0. The molecule has 0 bridgehead atoms. The highest BCUT2D eigenvalue weighted by Crippen LogP contribution is 2.25. The molecule has 4 heteroatoms. The third-order valence-electron chi connectivity index (χ3n) is 1.89. The van der Waals surface area contributed by atoms with Crippen molar-refractivity contribution in [3.05, 3.63) is 10.5 Å². The Labute approximate surface area is 94.9 Å². The largest absolute Gasteiger partial charge is 0.345 e. The van der Waals surface area contributed by atoms with Crippen LogP contribution in [0.3, 0.4) is 0 Å². The lowest BCUT2D eigenvalue weighted by molar-refractivity contribution is 0.570. The molecule has 0 aliphatic carbocycles. The minimum Gasteiger partial charge on any atom is -0.345 e. The van der Waals surface area contributed by atoms with Crippen LogP contribution in [0.2, 0.25) is 5.15 Å². The zero-order chi connectivity index (χ0) is 10.7. The molecule has 1 aromatic rings. The molecule has 1 heterocycles. The van der Waals surface area contributed by atoms with Crippen molar-refractivity contribution in [3.8, 4) is 0 Å². The number of rotatable bonds is 4. The van der Waals surface area contributed by atoms with Crippen LogP contribution >= 0.6 is 22.9 Å². The van der Waals surface area contributed by atoms with E-state index in [9.17, 15) is 0 Å². The van der Waals surface area contributed by atoms with Crippen LogP contribution in [0.4, 0.5) is 5.13 Å². The van der Waals surface area contributed by atoms with Crippen molar-refractivity contribution in [2.45, 2.75) is 33.7 Å². The minimum atomic E-state index is 0.472. The molecule has 1 rings (SSSR count). The Balaban J connectivity index is 2.77. The van der Waals surface area contributed by atoms with Crippen LogP contribution in [0.25, 0.3) is 0 Å². The maximum absolute atomic E-state index is 5.82. The van der Waals surface area contributed by atoms with Gasteiger partial charge in [-0.2, -0.15) is 0 Å². The molecule has 0 N–H and O–H groups in total. The second-order valence-corrected chi connectivity index (χ2v) is 5.32. The predicted octanol–water partition coefficient (Wildman–Crippen LogP) is 3.67. The summed E-state index contributed by atoms with van der Waals surface area (Å²) >= 11 is 7.43. The number of hydrogen-bond acceptors (Lipinski definition) is 3. The van der Waals surface area contributed by atoms with Gasteiger partial charge in [0.05, 0.1) is 0 Å². The third kappa shape index (κ3) is 3.14. The highest BCUT2D eigenvalue weighted by atomic mass is 35.5. The Morgan fingerprint density at radius 3 is 2.43 bits per heavy atom. The summed E-state index contributed by atoms with van der Waals surface area (Å²) in [5, 5.41) is 3.50. The molecule has 2 nitrogen and oxygen atoms in total. The Bertz CT molecular complexity index is 283. The third-order valence-corrected chi connectivity index (χ3v) is 3.10. The summed E-state index contributed by atoms with van der Waals surface area (Å²) in [6.07, 6.45) is 0. The molecule has 0 amide bonds. The molecule has 0 radical (unpaired) electrons. The van der Waals surface area contributed by atoms with Gasteiger partial charge in [-0.15, -0.1) is 11.3 Å². The normalized spacial score (nSPS) is 11.4. The fourth-order valence-corrected chi connectivity index (χ4v) is 2.37. The number of nitrogens with zero attached hydrogens (tertiary/aromatic N) is 2. The smallest absolute Gasteiger partial charge is 0.186 e. The summed E-state index contributed by atoms with van der Waals surface area (Å²) in [5.74, 6) is 0.639. The quantitative estimate of drug-likeness (QED) is 0.788. The Kier molecular flexibility index (Phi) is 4.20. The molecule has 0 fully saturated rings. The lowest BCUT2D eigenvalue weighted by Gasteiger charge is -2.27. The maximum Gasteiger partial charge on any atom is 0.186 e. The molecule has 0 saturated heterocycles. The zero-order valence-electron chi connectivity index (χ0n) is 9.12. The van der Waals surface area contributed by atoms with E-state index in [2.05, 4.69) is 37.6 Å². The number of anilines is 1. The molecule has 0 aliphatic heterocycles. The maximum atomic E-state index is 5.82. The van der Waals surface area contributed by atoms with Crippen LogP contribution < -0.4 is 4.90 Å². The van der Waals surface area contributed by atoms with Gasteiger partial charge in [-0.25, -0.2) is 4.98 Å². The molecule has 1 aromatic heterocycles. The van der Waals surface area contributed by atoms with Crippen LogP contribution in [0.5, 0.6) is 0 Å². The van der Waals surface area contributed by atoms with Gasteiger partial charge in [0, 0.05) is 18.0 Å². The molecule has 0 spiro atoms. The molecule has 0 aromatic carbocycles. The van der Waals surface area contributed by atoms with Crippen molar-refractivity contribution in [2.24, 2.45) is 5.92 Å². The lowest BCUT2D eigenvalue weighted by Crippen LogP contribution is -2.33. The second-order valence-electron chi connectivity index (χ2n) is 4.09. The Morgan fingerprint density at radius 1 is 1.43 bits per heavy atom. The molecule has 0 unspecified atom stereocenters. The Hall–Kier alpha value is -0.280. The summed E-state index contributed by atoms with van der Waals surface area (Å²) in [4.78, 5) is 6.59. The molecule has 80 valence electrons. The van der Waals surface area contributed by atoms with Gasteiger partial charge in [0.15, 0.2) is 5.13 Å². The van der Waals surface area contributed by atoms with Gasteiger partial charge in [0.25, 0.3) is 0 Å². The molecular formula is C10H17ClN2S. The van der Waals surface area contributed by atoms with Crippen molar-refractivity contribution in [3.63, 3.8) is 0 Å². The first-order valence-electron chi connectivity index (χ1n) is 4.88. The molecule has 0 atom stereocenters. The fourth-order valence-electron chi connectivity index (χ4n) is 1.28. The van der Waals surface area contributed by atoms with Crippen LogP contribution in [0.15, 0.2) is 5.38 Å². The van der Waals surface area contributed by atoms with Crippen LogP contribution in [-0.4, -0.2) is 17.6 Å². The molecule has 0 saturated carbocycles. The van der Waals surface area contributed by atoms with E-state index in [1.54, 1.807) is 11.3 Å². The van der Waals surface area contributed by atoms with Crippen LogP contribution in [-0.2, 0) is 0 Å². The number of aromatic nitrogens is 1. The summed E-state index contributed by atoms with van der Waals surface area (Å²) in [5.41, 5.74) is 0. The highest BCUT2D eigenvalue weighted by molar-refractivity contribution is 7.14. The van der Waals surface area contributed by atoms with E-state index in [4.69, 9.17) is 11.6 Å². The average Bonchev–Trinajstić information content (AvgIpc) is 2.46. The fraction of sp³-hybridized carbons (Fsp3) is 0.700. The van der Waals surface area contributed by atoms with E-state index in [0.29, 0.717) is 17.1 Å². The zero-order valence-corrected chi connectivity index (χ0v) is 10.7. The highest BCUT2D eigenvalue weighted by Gasteiger charge is 2.15. The molecule has 0 aliphatic rings. The topological polar surface area (TPSA) is 16.1 Å². The predicted molar refractivity (Wildman–Crippen MR) is 64.4 cm³/mol.